The Morgan fingerprint density at radius 2 is 1.33 bits per heavy atom. The van der Waals surface area contributed by atoms with Gasteiger partial charge in [-0.2, -0.15) is 0 Å². The topological polar surface area (TPSA) is 35.5 Å². The molecule has 0 saturated carbocycles. The van der Waals surface area contributed by atoms with Crippen LogP contribution >= 0.6 is 0 Å². The van der Waals surface area contributed by atoms with Crippen LogP contribution in [0.3, 0.4) is 0 Å². The van der Waals surface area contributed by atoms with Crippen molar-refractivity contribution in [2.75, 3.05) is 6.61 Å². The van der Waals surface area contributed by atoms with Gasteiger partial charge in [0.05, 0.1) is 12.2 Å². The molecule has 0 N–H and O–H groups in total. The first-order valence-electron chi connectivity index (χ1n) is 12.3. The molecule has 3 nitrogen and oxygen atoms in total. The lowest BCUT2D eigenvalue weighted by Gasteiger charge is -2.16. The van der Waals surface area contributed by atoms with Crippen molar-refractivity contribution in [1.29, 1.82) is 0 Å². The monoisotopic (exact) mass is 444 g/mol. The lowest BCUT2D eigenvalue weighted by Crippen LogP contribution is -2.11. The molecule has 0 aliphatic rings. The van der Waals surface area contributed by atoms with Crippen LogP contribution in [0.4, 0.5) is 0 Å². The second kappa shape index (κ2) is 13.5. The summed E-state index contributed by atoms with van der Waals surface area (Å²) >= 11 is 0. The summed E-state index contributed by atoms with van der Waals surface area (Å²) in [6.45, 7) is 5.03. The Morgan fingerprint density at radius 1 is 0.727 bits per heavy atom. The molecule has 0 aliphatic carbocycles. The van der Waals surface area contributed by atoms with E-state index in [1.54, 1.807) is 0 Å². The number of unbranched alkanes of at least 4 members (excludes halogenated alkanes) is 5. The molecule has 0 heterocycles. The van der Waals surface area contributed by atoms with Crippen molar-refractivity contribution in [2.45, 2.75) is 64.9 Å². The van der Waals surface area contributed by atoms with Gasteiger partial charge in [-0.15, -0.1) is 0 Å². The van der Waals surface area contributed by atoms with E-state index in [4.69, 9.17) is 9.47 Å². The first-order valence-corrected chi connectivity index (χ1v) is 12.3. The second-order valence-corrected chi connectivity index (χ2v) is 8.43. The average molecular weight is 445 g/mol. The predicted octanol–water partition coefficient (Wildman–Crippen LogP) is 8.40. The van der Waals surface area contributed by atoms with Gasteiger partial charge in [0, 0.05) is 0 Å². The molecule has 0 spiro atoms. The minimum absolute atomic E-state index is 0.234. The maximum absolute atomic E-state index is 12.6. The van der Waals surface area contributed by atoms with E-state index in [-0.39, 0.29) is 12.1 Å². The Morgan fingerprint density at radius 3 is 1.97 bits per heavy atom. The van der Waals surface area contributed by atoms with Crippen molar-refractivity contribution < 1.29 is 14.3 Å². The quantitative estimate of drug-likeness (QED) is 0.196. The predicted molar refractivity (Wildman–Crippen MR) is 136 cm³/mol. The lowest BCUT2D eigenvalue weighted by molar-refractivity contribution is 0.0288. The summed E-state index contributed by atoms with van der Waals surface area (Å²) in [6, 6.07) is 25.6. The third kappa shape index (κ3) is 7.78. The molecule has 0 aromatic heterocycles. The molecule has 0 amide bonds. The molecule has 0 saturated heterocycles. The lowest BCUT2D eigenvalue weighted by atomic mass is 10.0. The van der Waals surface area contributed by atoms with Crippen molar-refractivity contribution in [3.63, 3.8) is 0 Å². The van der Waals surface area contributed by atoms with Gasteiger partial charge in [0.1, 0.15) is 11.9 Å². The van der Waals surface area contributed by atoms with Gasteiger partial charge in [-0.05, 0) is 53.8 Å². The molecule has 1 unspecified atom stereocenters. The maximum Gasteiger partial charge on any atom is 0.338 e. The van der Waals surface area contributed by atoms with Crippen LogP contribution in [0.2, 0.25) is 0 Å². The number of carbonyl (C=O) groups excluding carboxylic acids is 1. The molecule has 0 bridgehead atoms. The minimum atomic E-state index is -0.296. The first-order chi connectivity index (χ1) is 16.2. The highest BCUT2D eigenvalue weighted by atomic mass is 16.5. The van der Waals surface area contributed by atoms with E-state index in [2.05, 4.69) is 19.1 Å². The average Bonchev–Trinajstić information content (AvgIpc) is 2.87. The number of esters is 1. The van der Waals surface area contributed by atoms with Gasteiger partial charge in [0.2, 0.25) is 0 Å². The highest BCUT2D eigenvalue weighted by Crippen LogP contribution is 2.25. The van der Waals surface area contributed by atoms with Gasteiger partial charge in [-0.1, -0.05) is 101 Å². The largest absolute Gasteiger partial charge is 0.494 e. The molecule has 1 atom stereocenters. The van der Waals surface area contributed by atoms with Crippen LogP contribution in [0.5, 0.6) is 5.75 Å². The third-order valence-corrected chi connectivity index (χ3v) is 5.87. The zero-order chi connectivity index (χ0) is 23.3. The molecule has 3 heteroatoms. The van der Waals surface area contributed by atoms with Crippen molar-refractivity contribution in [2.24, 2.45) is 0 Å². The summed E-state index contributed by atoms with van der Waals surface area (Å²) in [5.74, 6) is 0.606. The standard InChI is InChI=1S/C30H36O3/c1-3-5-6-7-8-12-23-32-28-21-19-25(20-22-28)24-15-17-27(18-16-24)30(31)33-29(4-2)26-13-10-9-11-14-26/h9-11,13-22,29H,3-8,12,23H2,1-2H3. The number of hydrogen-bond donors (Lipinski definition) is 0. The fourth-order valence-corrected chi connectivity index (χ4v) is 3.87. The van der Waals surface area contributed by atoms with Crippen LogP contribution in [-0.4, -0.2) is 12.6 Å². The number of carbonyl (C=O) groups is 1. The molecule has 0 radical (unpaired) electrons. The van der Waals surface area contributed by atoms with Gasteiger partial charge in [-0.3, -0.25) is 0 Å². The van der Waals surface area contributed by atoms with Gasteiger partial charge < -0.3 is 9.47 Å². The van der Waals surface area contributed by atoms with E-state index >= 15 is 0 Å². The molecule has 0 fully saturated rings. The summed E-state index contributed by atoms with van der Waals surface area (Å²) < 4.78 is 11.6. The number of hydrogen-bond acceptors (Lipinski definition) is 3. The highest BCUT2D eigenvalue weighted by Gasteiger charge is 2.16. The summed E-state index contributed by atoms with van der Waals surface area (Å²) in [5, 5.41) is 0. The van der Waals surface area contributed by atoms with E-state index in [0.29, 0.717) is 5.56 Å². The highest BCUT2D eigenvalue weighted by molar-refractivity contribution is 5.90. The van der Waals surface area contributed by atoms with Crippen LogP contribution in [0.25, 0.3) is 11.1 Å². The Kier molecular flexibility index (Phi) is 10.0. The molecule has 3 aromatic carbocycles. The fraction of sp³-hybridized carbons (Fsp3) is 0.367. The van der Waals surface area contributed by atoms with Crippen molar-refractivity contribution in [3.05, 3.63) is 90.0 Å². The van der Waals surface area contributed by atoms with E-state index in [1.807, 2.05) is 73.7 Å². The fourth-order valence-electron chi connectivity index (χ4n) is 3.87. The van der Waals surface area contributed by atoms with E-state index in [0.717, 1.165) is 41.9 Å². The van der Waals surface area contributed by atoms with E-state index in [1.165, 1.54) is 32.1 Å². The molecule has 3 aromatic rings. The first kappa shape index (κ1) is 24.6. The van der Waals surface area contributed by atoms with Gasteiger partial charge in [-0.25, -0.2) is 4.79 Å². The SMILES string of the molecule is CCCCCCCCOc1ccc(-c2ccc(C(=O)OC(CC)c3ccccc3)cc2)cc1. The summed E-state index contributed by atoms with van der Waals surface area (Å²) in [7, 11) is 0. The normalized spacial score (nSPS) is 11.7. The van der Waals surface area contributed by atoms with Crippen molar-refractivity contribution >= 4 is 5.97 Å². The van der Waals surface area contributed by atoms with Gasteiger partial charge in [0.15, 0.2) is 0 Å². The second-order valence-electron chi connectivity index (χ2n) is 8.43. The van der Waals surface area contributed by atoms with Crippen LogP contribution in [0.1, 0.15) is 80.8 Å². The number of ether oxygens (including phenoxy) is 2. The van der Waals surface area contributed by atoms with Crippen molar-refractivity contribution in [3.8, 4) is 16.9 Å². The van der Waals surface area contributed by atoms with Gasteiger partial charge in [0.25, 0.3) is 0 Å². The van der Waals surface area contributed by atoms with Gasteiger partial charge >= 0.3 is 5.97 Å². The third-order valence-electron chi connectivity index (χ3n) is 5.87. The molecule has 0 aliphatic heterocycles. The number of rotatable bonds is 13. The smallest absolute Gasteiger partial charge is 0.338 e. The maximum atomic E-state index is 12.6. The summed E-state index contributed by atoms with van der Waals surface area (Å²) in [4.78, 5) is 12.6. The molecular formula is C30H36O3. The zero-order valence-corrected chi connectivity index (χ0v) is 20.0. The van der Waals surface area contributed by atoms with Crippen LogP contribution in [0.15, 0.2) is 78.9 Å². The Labute approximate surface area is 198 Å². The summed E-state index contributed by atoms with van der Waals surface area (Å²) in [6.07, 6.45) is 8.08. The molecule has 3 rings (SSSR count). The van der Waals surface area contributed by atoms with Crippen LogP contribution in [-0.2, 0) is 4.74 Å². The molecule has 174 valence electrons. The Hall–Kier alpha value is -3.07. The Bertz CT molecular complexity index is 946. The van der Waals surface area contributed by atoms with Crippen molar-refractivity contribution in [1.82, 2.24) is 0 Å². The molecular weight excluding hydrogens is 408 g/mol. The van der Waals surface area contributed by atoms with Crippen LogP contribution in [0, 0.1) is 0 Å². The summed E-state index contributed by atoms with van der Waals surface area (Å²) in [5.41, 5.74) is 3.73. The van der Waals surface area contributed by atoms with E-state index in [9.17, 15) is 4.79 Å². The number of benzene rings is 3. The van der Waals surface area contributed by atoms with E-state index < -0.39 is 0 Å². The zero-order valence-electron chi connectivity index (χ0n) is 20.0. The Balaban J connectivity index is 1.50. The molecule has 33 heavy (non-hydrogen) atoms. The van der Waals surface area contributed by atoms with Crippen LogP contribution < -0.4 is 4.74 Å². The minimum Gasteiger partial charge on any atom is -0.494 e.